The number of hydrogen-bond acceptors (Lipinski definition) is 6. The Labute approximate surface area is 125 Å². The molecule has 1 spiro atoms. The highest BCUT2D eigenvalue weighted by Crippen LogP contribution is 2.45. The fourth-order valence-corrected chi connectivity index (χ4v) is 4.36. The van der Waals surface area contributed by atoms with E-state index in [1.165, 1.54) is 17.5 Å². The Balaban J connectivity index is 1.65. The van der Waals surface area contributed by atoms with Crippen LogP contribution in [-0.2, 0) is 9.53 Å². The third kappa shape index (κ3) is 1.72. The molecule has 2 atom stereocenters. The average molecular weight is 308 g/mol. The van der Waals surface area contributed by atoms with Crippen molar-refractivity contribution in [2.75, 3.05) is 25.4 Å². The molecule has 7 nitrogen and oxygen atoms in total. The molecular formula is C13H16N4O3S. The fraction of sp³-hybridized carbons (Fsp3) is 0.615. The minimum absolute atomic E-state index is 0.0843. The zero-order valence-electron chi connectivity index (χ0n) is 11.4. The highest BCUT2D eigenvalue weighted by atomic mass is 32.1. The van der Waals surface area contributed by atoms with Crippen molar-refractivity contribution in [3.05, 3.63) is 11.1 Å². The minimum atomic E-state index is -0.596. The molecule has 3 aliphatic rings. The van der Waals surface area contributed by atoms with E-state index in [1.807, 2.05) is 4.90 Å². The SMILES string of the molecule is Nc1ncc(C(=O)N2CC[C@@]34OCCCN3C(=O)C[C@@H]24)s1. The maximum Gasteiger partial charge on any atom is 0.266 e. The Bertz CT molecular complexity index is 618. The first-order valence-electron chi connectivity index (χ1n) is 7.08. The number of hydrogen-bond donors (Lipinski definition) is 1. The number of aromatic nitrogens is 1. The number of rotatable bonds is 1. The van der Waals surface area contributed by atoms with E-state index in [0.29, 0.717) is 36.0 Å². The fourth-order valence-electron chi connectivity index (χ4n) is 3.72. The summed E-state index contributed by atoms with van der Waals surface area (Å²) < 4.78 is 5.98. The van der Waals surface area contributed by atoms with Gasteiger partial charge in [0.15, 0.2) is 10.9 Å². The number of amides is 2. The predicted molar refractivity (Wildman–Crippen MR) is 75.6 cm³/mol. The van der Waals surface area contributed by atoms with E-state index < -0.39 is 5.72 Å². The van der Waals surface area contributed by atoms with Crippen LogP contribution >= 0.6 is 11.3 Å². The summed E-state index contributed by atoms with van der Waals surface area (Å²) >= 11 is 1.18. The smallest absolute Gasteiger partial charge is 0.266 e. The van der Waals surface area contributed by atoms with Gasteiger partial charge < -0.3 is 20.3 Å². The molecule has 3 fully saturated rings. The van der Waals surface area contributed by atoms with Crippen molar-refractivity contribution in [2.45, 2.75) is 31.0 Å². The quantitative estimate of drug-likeness (QED) is 0.805. The molecule has 2 amide bonds. The van der Waals surface area contributed by atoms with E-state index in [2.05, 4.69) is 4.98 Å². The van der Waals surface area contributed by atoms with Crippen molar-refractivity contribution in [2.24, 2.45) is 0 Å². The summed E-state index contributed by atoms with van der Waals surface area (Å²) in [7, 11) is 0. The Morgan fingerprint density at radius 3 is 3.14 bits per heavy atom. The van der Waals surface area contributed by atoms with Crippen LogP contribution in [0.2, 0.25) is 0 Å². The van der Waals surface area contributed by atoms with Gasteiger partial charge in [-0.25, -0.2) is 4.98 Å². The Hall–Kier alpha value is -1.67. The van der Waals surface area contributed by atoms with Gasteiger partial charge >= 0.3 is 0 Å². The predicted octanol–water partition coefficient (Wildman–Crippen LogP) is 0.289. The van der Waals surface area contributed by atoms with Gasteiger partial charge in [0, 0.05) is 19.5 Å². The molecule has 1 aromatic heterocycles. The molecule has 1 aromatic rings. The third-order valence-corrected chi connectivity index (χ3v) is 5.42. The molecular weight excluding hydrogens is 292 g/mol. The summed E-state index contributed by atoms with van der Waals surface area (Å²) in [6, 6.07) is -0.193. The Kier molecular flexibility index (Phi) is 2.74. The summed E-state index contributed by atoms with van der Waals surface area (Å²) in [5.41, 5.74) is 5.00. The monoisotopic (exact) mass is 308 g/mol. The van der Waals surface area contributed by atoms with Crippen LogP contribution in [0.25, 0.3) is 0 Å². The second-order valence-electron chi connectivity index (χ2n) is 5.62. The zero-order chi connectivity index (χ0) is 14.6. The van der Waals surface area contributed by atoms with Gasteiger partial charge in [-0.15, -0.1) is 0 Å². The molecule has 4 rings (SSSR count). The van der Waals surface area contributed by atoms with Crippen LogP contribution in [0.15, 0.2) is 6.20 Å². The highest BCUT2D eigenvalue weighted by Gasteiger charge is 2.61. The van der Waals surface area contributed by atoms with Crippen molar-refractivity contribution < 1.29 is 14.3 Å². The van der Waals surface area contributed by atoms with E-state index in [1.54, 1.807) is 4.90 Å². The van der Waals surface area contributed by atoms with Gasteiger partial charge in [0.05, 0.1) is 25.3 Å². The second-order valence-corrected chi connectivity index (χ2v) is 6.69. The van der Waals surface area contributed by atoms with Crippen molar-refractivity contribution in [3.8, 4) is 0 Å². The number of thiazole rings is 1. The first-order valence-corrected chi connectivity index (χ1v) is 7.90. The number of carbonyl (C=O) groups is 2. The first kappa shape index (κ1) is 13.0. The maximum absolute atomic E-state index is 12.6. The molecule has 3 saturated heterocycles. The summed E-state index contributed by atoms with van der Waals surface area (Å²) in [6.07, 6.45) is 3.40. The van der Waals surface area contributed by atoms with Crippen LogP contribution in [0.3, 0.4) is 0 Å². The number of carbonyl (C=O) groups excluding carboxylic acids is 2. The van der Waals surface area contributed by atoms with Crippen LogP contribution < -0.4 is 5.73 Å². The van der Waals surface area contributed by atoms with Crippen LogP contribution in [0.1, 0.15) is 28.9 Å². The largest absolute Gasteiger partial charge is 0.375 e. The van der Waals surface area contributed by atoms with Gasteiger partial charge in [0.2, 0.25) is 5.91 Å². The van der Waals surface area contributed by atoms with Crippen LogP contribution in [-0.4, -0.2) is 58.1 Å². The lowest BCUT2D eigenvalue weighted by Crippen LogP contribution is -2.56. The van der Waals surface area contributed by atoms with Crippen molar-refractivity contribution in [1.82, 2.24) is 14.8 Å². The van der Waals surface area contributed by atoms with E-state index in [-0.39, 0.29) is 17.9 Å². The highest BCUT2D eigenvalue weighted by molar-refractivity contribution is 7.17. The molecule has 0 saturated carbocycles. The molecule has 8 heteroatoms. The molecule has 2 N–H and O–H groups in total. The van der Waals surface area contributed by atoms with Crippen molar-refractivity contribution >= 4 is 28.3 Å². The Morgan fingerprint density at radius 2 is 2.38 bits per heavy atom. The molecule has 112 valence electrons. The van der Waals surface area contributed by atoms with Gasteiger partial charge in [-0.1, -0.05) is 11.3 Å². The van der Waals surface area contributed by atoms with E-state index >= 15 is 0 Å². The topological polar surface area (TPSA) is 88.8 Å². The number of nitrogens with two attached hydrogens (primary N) is 1. The van der Waals surface area contributed by atoms with Gasteiger partial charge in [-0.05, 0) is 6.42 Å². The van der Waals surface area contributed by atoms with Crippen LogP contribution in [0.5, 0.6) is 0 Å². The lowest BCUT2D eigenvalue weighted by atomic mass is 10.0. The molecule has 21 heavy (non-hydrogen) atoms. The molecule has 0 radical (unpaired) electrons. The standard InChI is InChI=1S/C13H16N4O3S/c14-12-15-7-8(21-12)11(19)16-4-2-13-9(16)6-10(18)17(13)3-1-5-20-13/h7,9H,1-6H2,(H2,14,15)/t9-,13+/m1/s1. The minimum Gasteiger partial charge on any atom is -0.375 e. The van der Waals surface area contributed by atoms with Crippen LogP contribution in [0, 0.1) is 0 Å². The zero-order valence-corrected chi connectivity index (χ0v) is 12.3. The second kappa shape index (κ2) is 4.41. The lowest BCUT2D eigenvalue weighted by molar-refractivity contribution is -0.179. The number of nitrogen functional groups attached to an aromatic ring is 1. The number of nitrogens with zero attached hydrogens (tertiary/aromatic N) is 3. The van der Waals surface area contributed by atoms with Gasteiger partial charge in [0.25, 0.3) is 5.91 Å². The molecule has 0 aromatic carbocycles. The molecule has 3 aliphatic heterocycles. The first-order chi connectivity index (χ1) is 10.1. The van der Waals surface area contributed by atoms with Crippen molar-refractivity contribution in [1.29, 1.82) is 0 Å². The summed E-state index contributed by atoms with van der Waals surface area (Å²) in [5, 5.41) is 0.380. The van der Waals surface area contributed by atoms with Gasteiger partial charge in [-0.3, -0.25) is 9.59 Å². The maximum atomic E-state index is 12.6. The number of anilines is 1. The van der Waals surface area contributed by atoms with E-state index in [0.717, 1.165) is 13.0 Å². The number of ether oxygens (including phenoxy) is 1. The Morgan fingerprint density at radius 1 is 1.52 bits per heavy atom. The van der Waals surface area contributed by atoms with E-state index in [9.17, 15) is 9.59 Å². The van der Waals surface area contributed by atoms with E-state index in [4.69, 9.17) is 10.5 Å². The van der Waals surface area contributed by atoms with Gasteiger partial charge in [-0.2, -0.15) is 0 Å². The van der Waals surface area contributed by atoms with Crippen LogP contribution in [0.4, 0.5) is 5.13 Å². The molecule has 0 aliphatic carbocycles. The van der Waals surface area contributed by atoms with Gasteiger partial charge in [0.1, 0.15) is 4.88 Å². The van der Waals surface area contributed by atoms with Crippen molar-refractivity contribution in [3.63, 3.8) is 0 Å². The average Bonchev–Trinajstić information content (AvgIpc) is 3.11. The summed E-state index contributed by atoms with van der Waals surface area (Å²) in [4.78, 5) is 32.9. The number of likely N-dealkylation sites (tertiary alicyclic amines) is 1. The molecule has 0 unspecified atom stereocenters. The summed E-state index contributed by atoms with van der Waals surface area (Å²) in [5.74, 6) is -0.0177. The molecule has 4 heterocycles. The molecule has 0 bridgehead atoms. The third-order valence-electron chi connectivity index (χ3n) is 4.61. The lowest BCUT2D eigenvalue weighted by Gasteiger charge is -2.42. The normalized spacial score (nSPS) is 31.4. The summed E-state index contributed by atoms with van der Waals surface area (Å²) in [6.45, 7) is 1.98.